The van der Waals surface area contributed by atoms with Gasteiger partial charge < -0.3 is 9.30 Å². The summed E-state index contributed by atoms with van der Waals surface area (Å²) in [6.07, 6.45) is 0. The Balaban J connectivity index is 2.33. The van der Waals surface area contributed by atoms with Gasteiger partial charge in [0.25, 0.3) is 0 Å². The van der Waals surface area contributed by atoms with Crippen LogP contribution in [0.15, 0.2) is 84.9 Å². The van der Waals surface area contributed by atoms with Crippen molar-refractivity contribution < 1.29 is 14.1 Å². The molecule has 0 fully saturated rings. The molecule has 0 radical (unpaired) electrons. The number of hydrogen-bond acceptors (Lipinski definition) is 3. The summed E-state index contributed by atoms with van der Waals surface area (Å²) in [5, 5.41) is 1.87. The number of methoxy groups -OCH3 is 1. The van der Waals surface area contributed by atoms with Crippen molar-refractivity contribution in [2.24, 2.45) is 0 Å². The fourth-order valence-corrected chi connectivity index (χ4v) is 5.57. The Kier molecular flexibility index (Phi) is 4.64. The molecule has 0 aromatic heterocycles. The van der Waals surface area contributed by atoms with Crippen LogP contribution in [0.3, 0.4) is 0 Å². The molecule has 0 aliphatic rings. The maximum absolute atomic E-state index is 14.3. The summed E-state index contributed by atoms with van der Waals surface area (Å²) in [6.45, 7) is 0. The SMILES string of the molecule is COC(=O)c1ccccc1P(=O)(c1ccccc1)c1ccccc1. The van der Waals surface area contributed by atoms with Crippen LogP contribution in [0.1, 0.15) is 10.4 Å². The Bertz CT molecular complexity index is 846. The van der Waals surface area contributed by atoms with E-state index < -0.39 is 13.1 Å². The van der Waals surface area contributed by atoms with Crippen molar-refractivity contribution in [2.75, 3.05) is 7.11 Å². The van der Waals surface area contributed by atoms with Crippen LogP contribution in [0.2, 0.25) is 0 Å². The zero-order chi connectivity index (χ0) is 17.0. The molecule has 0 saturated heterocycles. The molecule has 0 spiro atoms. The average molecular weight is 336 g/mol. The van der Waals surface area contributed by atoms with Crippen molar-refractivity contribution in [1.29, 1.82) is 0 Å². The maximum Gasteiger partial charge on any atom is 0.338 e. The van der Waals surface area contributed by atoms with E-state index in [0.717, 1.165) is 0 Å². The third-order valence-corrected chi connectivity index (χ3v) is 7.01. The van der Waals surface area contributed by atoms with Crippen LogP contribution < -0.4 is 15.9 Å². The summed E-state index contributed by atoms with van der Waals surface area (Å²) in [7, 11) is -1.85. The average Bonchev–Trinajstić information content (AvgIpc) is 2.68. The molecule has 3 aromatic carbocycles. The largest absolute Gasteiger partial charge is 0.465 e. The monoisotopic (exact) mass is 336 g/mol. The van der Waals surface area contributed by atoms with E-state index in [1.807, 2.05) is 60.7 Å². The molecule has 0 aliphatic heterocycles. The van der Waals surface area contributed by atoms with Crippen LogP contribution in [-0.4, -0.2) is 13.1 Å². The number of hydrogen-bond donors (Lipinski definition) is 0. The Morgan fingerprint density at radius 3 is 1.71 bits per heavy atom. The lowest BCUT2D eigenvalue weighted by molar-refractivity contribution is 0.0602. The molecule has 0 heterocycles. The Hall–Kier alpha value is -2.64. The summed E-state index contributed by atoms with van der Waals surface area (Å²) in [5.74, 6) is -0.488. The van der Waals surface area contributed by atoms with Crippen LogP contribution in [-0.2, 0) is 9.30 Å². The van der Waals surface area contributed by atoms with Crippen LogP contribution >= 0.6 is 7.14 Å². The van der Waals surface area contributed by atoms with Crippen molar-refractivity contribution in [2.45, 2.75) is 0 Å². The number of ether oxygens (including phenoxy) is 1. The fraction of sp³-hybridized carbons (Fsp3) is 0.0500. The van der Waals surface area contributed by atoms with E-state index in [4.69, 9.17) is 4.74 Å². The molecule has 3 rings (SSSR count). The highest BCUT2D eigenvalue weighted by Gasteiger charge is 2.33. The first-order valence-corrected chi connectivity index (χ1v) is 9.28. The third-order valence-electron chi connectivity index (χ3n) is 3.89. The second-order valence-corrected chi connectivity index (χ2v) is 8.02. The molecule has 0 amide bonds. The first-order chi connectivity index (χ1) is 11.7. The van der Waals surface area contributed by atoms with Crippen LogP contribution in [0.4, 0.5) is 0 Å². The molecule has 0 aliphatic carbocycles. The van der Waals surface area contributed by atoms with Gasteiger partial charge in [-0.3, -0.25) is 0 Å². The van der Waals surface area contributed by atoms with E-state index >= 15 is 0 Å². The highest BCUT2D eigenvalue weighted by Crippen LogP contribution is 2.43. The maximum atomic E-state index is 14.3. The van der Waals surface area contributed by atoms with Gasteiger partial charge in [0.15, 0.2) is 7.14 Å². The quantitative estimate of drug-likeness (QED) is 0.543. The molecule has 0 unspecified atom stereocenters. The number of carbonyl (C=O) groups is 1. The summed E-state index contributed by atoms with van der Waals surface area (Å²) in [4.78, 5) is 12.2. The van der Waals surface area contributed by atoms with E-state index in [-0.39, 0.29) is 0 Å². The first kappa shape index (κ1) is 16.2. The fourth-order valence-electron chi connectivity index (χ4n) is 2.73. The summed E-state index contributed by atoms with van der Waals surface area (Å²) >= 11 is 0. The molecule has 0 atom stereocenters. The van der Waals surface area contributed by atoms with Crippen molar-refractivity contribution >= 4 is 29.0 Å². The van der Waals surface area contributed by atoms with Crippen LogP contribution in [0.25, 0.3) is 0 Å². The van der Waals surface area contributed by atoms with E-state index in [0.29, 0.717) is 21.5 Å². The van der Waals surface area contributed by atoms with Crippen LogP contribution in [0, 0.1) is 0 Å². The predicted molar refractivity (Wildman–Crippen MR) is 97.2 cm³/mol. The highest BCUT2D eigenvalue weighted by molar-refractivity contribution is 7.85. The number of esters is 1. The molecular formula is C20H17O3P. The van der Waals surface area contributed by atoms with Crippen LogP contribution in [0.5, 0.6) is 0 Å². The van der Waals surface area contributed by atoms with Crippen molar-refractivity contribution in [3.8, 4) is 0 Å². The van der Waals surface area contributed by atoms with Gasteiger partial charge in [0.05, 0.1) is 12.7 Å². The molecule has 24 heavy (non-hydrogen) atoms. The molecule has 120 valence electrons. The molecule has 4 heteroatoms. The van der Waals surface area contributed by atoms with Gasteiger partial charge >= 0.3 is 5.97 Å². The normalized spacial score (nSPS) is 11.0. The third kappa shape index (κ3) is 2.79. The zero-order valence-electron chi connectivity index (χ0n) is 13.3. The minimum Gasteiger partial charge on any atom is -0.465 e. The Morgan fingerprint density at radius 2 is 1.21 bits per heavy atom. The van der Waals surface area contributed by atoms with Gasteiger partial charge in [-0.1, -0.05) is 72.8 Å². The lowest BCUT2D eigenvalue weighted by Crippen LogP contribution is -2.29. The summed E-state index contributed by atoms with van der Waals surface area (Å²) in [6, 6.07) is 25.4. The zero-order valence-corrected chi connectivity index (χ0v) is 14.1. The first-order valence-electron chi connectivity index (χ1n) is 7.57. The number of benzene rings is 3. The number of carbonyl (C=O) groups excluding carboxylic acids is 1. The molecule has 0 saturated carbocycles. The van der Waals surface area contributed by atoms with E-state index in [1.54, 1.807) is 24.3 Å². The predicted octanol–water partition coefficient (Wildman–Crippen LogP) is 3.11. The van der Waals surface area contributed by atoms with Gasteiger partial charge in [0, 0.05) is 15.9 Å². The summed E-state index contributed by atoms with van der Waals surface area (Å²) < 4.78 is 19.1. The van der Waals surface area contributed by atoms with E-state index in [2.05, 4.69) is 0 Å². The topological polar surface area (TPSA) is 43.4 Å². The van der Waals surface area contributed by atoms with Gasteiger partial charge in [0.1, 0.15) is 0 Å². The van der Waals surface area contributed by atoms with Gasteiger partial charge in [-0.15, -0.1) is 0 Å². The molecular weight excluding hydrogens is 319 g/mol. The lowest BCUT2D eigenvalue weighted by Gasteiger charge is -2.21. The molecule has 0 bridgehead atoms. The summed E-state index contributed by atoms with van der Waals surface area (Å²) in [5.41, 5.74) is 0.330. The smallest absolute Gasteiger partial charge is 0.338 e. The lowest BCUT2D eigenvalue weighted by atomic mass is 10.2. The van der Waals surface area contributed by atoms with Crippen molar-refractivity contribution in [3.05, 3.63) is 90.5 Å². The standard InChI is InChI=1S/C20H17O3P/c1-23-20(21)18-14-8-9-15-19(18)24(22,16-10-4-2-5-11-16)17-12-6-3-7-13-17/h2-15H,1H3. The molecule has 0 N–H and O–H groups in total. The second-order valence-electron chi connectivity index (χ2n) is 5.29. The second kappa shape index (κ2) is 6.86. The Labute approximate surface area is 141 Å². The van der Waals surface area contributed by atoms with Gasteiger partial charge in [-0.2, -0.15) is 0 Å². The highest BCUT2D eigenvalue weighted by atomic mass is 31.2. The van der Waals surface area contributed by atoms with Gasteiger partial charge in [-0.25, -0.2) is 4.79 Å². The number of rotatable bonds is 4. The minimum absolute atomic E-state index is 0.330. The van der Waals surface area contributed by atoms with E-state index in [9.17, 15) is 9.36 Å². The van der Waals surface area contributed by atoms with Gasteiger partial charge in [-0.05, 0) is 12.1 Å². The molecule has 3 nitrogen and oxygen atoms in total. The van der Waals surface area contributed by atoms with Crippen molar-refractivity contribution in [1.82, 2.24) is 0 Å². The van der Waals surface area contributed by atoms with Gasteiger partial charge in [0.2, 0.25) is 0 Å². The van der Waals surface area contributed by atoms with E-state index in [1.165, 1.54) is 7.11 Å². The molecule has 3 aromatic rings. The minimum atomic E-state index is -3.18. The van der Waals surface area contributed by atoms with Crippen molar-refractivity contribution in [3.63, 3.8) is 0 Å². The Morgan fingerprint density at radius 1 is 0.750 bits per heavy atom.